The van der Waals surface area contributed by atoms with Crippen LogP contribution in [0.15, 0.2) is 10.8 Å². The smallest absolute Gasteiger partial charge is 0.216 e. The summed E-state index contributed by atoms with van der Waals surface area (Å²) >= 11 is 0. The van der Waals surface area contributed by atoms with Crippen LogP contribution in [0.3, 0.4) is 0 Å². The third-order valence-corrected chi connectivity index (χ3v) is 1.40. The van der Waals surface area contributed by atoms with Gasteiger partial charge in [-0.15, -0.1) is 10.2 Å². The van der Waals surface area contributed by atoms with Crippen LogP contribution in [-0.4, -0.2) is 23.3 Å². The maximum Gasteiger partial charge on any atom is 0.216 e. The first-order chi connectivity index (χ1) is 5.43. The zero-order valence-electron chi connectivity index (χ0n) is 6.71. The van der Waals surface area contributed by atoms with E-state index in [1.807, 2.05) is 0 Å². The molecule has 4 nitrogen and oxygen atoms in total. The van der Waals surface area contributed by atoms with E-state index in [-0.39, 0.29) is 0 Å². The first-order valence-corrected chi connectivity index (χ1v) is 3.89. The molecule has 0 saturated heterocycles. The molecule has 0 bridgehead atoms. The predicted molar refractivity (Wildman–Crippen MR) is 41.2 cm³/mol. The molecule has 4 heteroatoms. The van der Waals surface area contributed by atoms with Gasteiger partial charge in [-0.05, 0) is 19.5 Å². The van der Waals surface area contributed by atoms with Gasteiger partial charge in [-0.25, -0.2) is 0 Å². The molecule has 0 aliphatic rings. The molecule has 0 spiro atoms. The van der Waals surface area contributed by atoms with Gasteiger partial charge in [0.05, 0.1) is 0 Å². The summed E-state index contributed by atoms with van der Waals surface area (Å²) in [7, 11) is 0. The van der Waals surface area contributed by atoms with Gasteiger partial charge in [0.2, 0.25) is 12.3 Å². The highest BCUT2D eigenvalue weighted by Gasteiger charge is 1.96. The Balaban J connectivity index is 2.04. The maximum absolute atomic E-state index is 4.96. The van der Waals surface area contributed by atoms with E-state index in [2.05, 4.69) is 22.4 Å². The Labute approximate surface area is 66.0 Å². The first-order valence-electron chi connectivity index (χ1n) is 3.89. The highest BCUT2D eigenvalue weighted by Crippen LogP contribution is 1.95. The fraction of sp³-hybridized carbons (Fsp3) is 0.714. The molecular weight excluding hydrogens is 142 g/mol. The van der Waals surface area contributed by atoms with Crippen molar-refractivity contribution in [3.63, 3.8) is 0 Å². The summed E-state index contributed by atoms with van der Waals surface area (Å²) in [6, 6.07) is 0. The van der Waals surface area contributed by atoms with E-state index in [0.717, 1.165) is 31.8 Å². The van der Waals surface area contributed by atoms with E-state index >= 15 is 0 Å². The minimum absolute atomic E-state index is 0.725. The minimum atomic E-state index is 0.725. The van der Waals surface area contributed by atoms with Crippen molar-refractivity contribution >= 4 is 0 Å². The summed E-state index contributed by atoms with van der Waals surface area (Å²) in [5.74, 6) is 0.725. The largest absolute Gasteiger partial charge is 0.428 e. The third-order valence-electron chi connectivity index (χ3n) is 1.40. The Hall–Kier alpha value is -0.900. The number of aromatic nitrogens is 2. The number of hydrogen-bond acceptors (Lipinski definition) is 4. The molecule has 1 aromatic heterocycles. The van der Waals surface area contributed by atoms with Gasteiger partial charge in [0.25, 0.3) is 0 Å². The number of aryl methyl sites for hydroxylation is 1. The van der Waals surface area contributed by atoms with Crippen LogP contribution < -0.4 is 5.32 Å². The van der Waals surface area contributed by atoms with Gasteiger partial charge < -0.3 is 9.73 Å². The molecule has 0 aliphatic carbocycles. The second kappa shape index (κ2) is 4.85. The molecule has 0 atom stereocenters. The van der Waals surface area contributed by atoms with Crippen molar-refractivity contribution in [3.8, 4) is 0 Å². The van der Waals surface area contributed by atoms with Crippen LogP contribution in [0.5, 0.6) is 0 Å². The maximum atomic E-state index is 4.96. The molecule has 1 N–H and O–H groups in total. The molecule has 1 rings (SSSR count). The lowest BCUT2D eigenvalue weighted by Crippen LogP contribution is -2.14. The first kappa shape index (κ1) is 8.20. The number of nitrogens with one attached hydrogen (secondary N) is 1. The molecule has 0 amide bonds. The number of nitrogens with zero attached hydrogens (tertiary/aromatic N) is 2. The van der Waals surface area contributed by atoms with Gasteiger partial charge in [0, 0.05) is 6.42 Å². The summed E-state index contributed by atoms with van der Waals surface area (Å²) in [5.41, 5.74) is 0. The van der Waals surface area contributed by atoms with E-state index in [9.17, 15) is 0 Å². The molecule has 0 fully saturated rings. The number of rotatable bonds is 5. The van der Waals surface area contributed by atoms with Crippen molar-refractivity contribution in [2.45, 2.75) is 19.8 Å². The summed E-state index contributed by atoms with van der Waals surface area (Å²) < 4.78 is 4.96. The van der Waals surface area contributed by atoms with Crippen LogP contribution in [0.2, 0.25) is 0 Å². The van der Waals surface area contributed by atoms with Gasteiger partial charge in [0.1, 0.15) is 0 Å². The summed E-state index contributed by atoms with van der Waals surface area (Å²) in [4.78, 5) is 0. The van der Waals surface area contributed by atoms with E-state index in [1.54, 1.807) is 0 Å². The van der Waals surface area contributed by atoms with Crippen molar-refractivity contribution in [1.82, 2.24) is 15.5 Å². The van der Waals surface area contributed by atoms with E-state index < -0.39 is 0 Å². The van der Waals surface area contributed by atoms with E-state index in [4.69, 9.17) is 4.42 Å². The van der Waals surface area contributed by atoms with E-state index in [0.29, 0.717) is 0 Å². The SMILES string of the molecule is CCNCCCc1nnco1. The van der Waals surface area contributed by atoms with Gasteiger partial charge in [-0.2, -0.15) is 0 Å². The fourth-order valence-electron chi connectivity index (χ4n) is 0.846. The molecule has 0 aliphatic heterocycles. The predicted octanol–water partition coefficient (Wildman–Crippen LogP) is 0.612. The molecule has 62 valence electrons. The Kier molecular flexibility index (Phi) is 3.61. The van der Waals surface area contributed by atoms with Gasteiger partial charge in [-0.3, -0.25) is 0 Å². The Morgan fingerprint density at radius 1 is 1.64 bits per heavy atom. The summed E-state index contributed by atoms with van der Waals surface area (Å²) in [6.07, 6.45) is 3.28. The quantitative estimate of drug-likeness (QED) is 0.633. The highest BCUT2D eigenvalue weighted by molar-refractivity contribution is 4.72. The van der Waals surface area contributed by atoms with Crippen molar-refractivity contribution in [3.05, 3.63) is 12.3 Å². The lowest BCUT2D eigenvalue weighted by molar-refractivity contribution is 0.481. The van der Waals surface area contributed by atoms with Gasteiger partial charge in [-0.1, -0.05) is 6.92 Å². The second-order valence-corrected chi connectivity index (χ2v) is 2.29. The Morgan fingerprint density at radius 3 is 3.18 bits per heavy atom. The summed E-state index contributed by atoms with van der Waals surface area (Å²) in [5, 5.41) is 10.6. The zero-order valence-corrected chi connectivity index (χ0v) is 6.71. The Bertz CT molecular complexity index is 174. The summed E-state index contributed by atoms with van der Waals surface area (Å²) in [6.45, 7) is 4.12. The molecule has 0 aromatic carbocycles. The third kappa shape index (κ3) is 3.13. The molecular formula is C7H13N3O. The molecule has 0 unspecified atom stereocenters. The lowest BCUT2D eigenvalue weighted by Gasteiger charge is -1.96. The van der Waals surface area contributed by atoms with Gasteiger partial charge >= 0.3 is 0 Å². The minimum Gasteiger partial charge on any atom is -0.428 e. The van der Waals surface area contributed by atoms with E-state index in [1.165, 1.54) is 6.39 Å². The van der Waals surface area contributed by atoms with Crippen molar-refractivity contribution in [2.75, 3.05) is 13.1 Å². The van der Waals surface area contributed by atoms with Crippen LogP contribution in [0, 0.1) is 0 Å². The lowest BCUT2D eigenvalue weighted by atomic mass is 10.3. The van der Waals surface area contributed by atoms with Crippen LogP contribution in [0.25, 0.3) is 0 Å². The zero-order chi connectivity index (χ0) is 7.94. The van der Waals surface area contributed by atoms with Crippen LogP contribution >= 0.6 is 0 Å². The number of hydrogen-bond donors (Lipinski definition) is 1. The molecule has 1 aromatic rings. The fourth-order valence-corrected chi connectivity index (χ4v) is 0.846. The van der Waals surface area contributed by atoms with Crippen LogP contribution in [-0.2, 0) is 6.42 Å². The molecule has 11 heavy (non-hydrogen) atoms. The van der Waals surface area contributed by atoms with Crippen LogP contribution in [0.4, 0.5) is 0 Å². The average Bonchev–Trinajstić information content (AvgIpc) is 2.50. The molecule has 0 saturated carbocycles. The molecule has 0 radical (unpaired) electrons. The molecule has 1 heterocycles. The topological polar surface area (TPSA) is 51.0 Å². The van der Waals surface area contributed by atoms with Crippen LogP contribution in [0.1, 0.15) is 19.2 Å². The average molecular weight is 155 g/mol. The highest BCUT2D eigenvalue weighted by atomic mass is 16.4. The van der Waals surface area contributed by atoms with Crippen molar-refractivity contribution < 1.29 is 4.42 Å². The van der Waals surface area contributed by atoms with Crippen molar-refractivity contribution in [1.29, 1.82) is 0 Å². The standard InChI is InChI=1S/C7H13N3O/c1-2-8-5-3-4-7-10-9-6-11-7/h6,8H,2-5H2,1H3. The second-order valence-electron chi connectivity index (χ2n) is 2.29. The monoisotopic (exact) mass is 155 g/mol. The Morgan fingerprint density at radius 2 is 2.55 bits per heavy atom. The van der Waals surface area contributed by atoms with Gasteiger partial charge in [0.15, 0.2) is 0 Å². The van der Waals surface area contributed by atoms with Crippen molar-refractivity contribution in [2.24, 2.45) is 0 Å². The normalized spacial score (nSPS) is 10.3.